The van der Waals surface area contributed by atoms with Gasteiger partial charge in [-0.2, -0.15) is 30.6 Å². The Bertz CT molecular complexity index is 1300. The number of rotatable bonds is 7. The van der Waals surface area contributed by atoms with Crippen LogP contribution in [0.15, 0.2) is 81.1 Å². The van der Waals surface area contributed by atoms with Crippen LogP contribution in [0.3, 0.4) is 0 Å². The van der Waals surface area contributed by atoms with Gasteiger partial charge in [0, 0.05) is 17.0 Å². The van der Waals surface area contributed by atoms with Gasteiger partial charge in [-0.05, 0) is 79.1 Å². The number of phenolic OH excluding ortho intramolecular Hbond substituents is 3. The van der Waals surface area contributed by atoms with Crippen LogP contribution in [-0.4, -0.2) is 49.7 Å². The maximum Gasteiger partial charge on any atom is 0.159 e. The maximum atomic E-state index is 10.9. The minimum absolute atomic E-state index is 0.0223. The van der Waals surface area contributed by atoms with Crippen LogP contribution in [0.4, 0.5) is 0 Å². The van der Waals surface area contributed by atoms with Gasteiger partial charge in [-0.25, -0.2) is 11.7 Å². The summed E-state index contributed by atoms with van der Waals surface area (Å²) in [4.78, 5) is 0. The van der Waals surface area contributed by atoms with E-state index in [1.807, 2.05) is 0 Å². The quantitative estimate of drug-likeness (QED) is 0.0792. The van der Waals surface area contributed by atoms with Gasteiger partial charge in [0.25, 0.3) is 0 Å². The van der Waals surface area contributed by atoms with Crippen molar-refractivity contribution in [3.8, 4) is 17.2 Å². The van der Waals surface area contributed by atoms with Crippen LogP contribution in [0.5, 0.6) is 17.2 Å². The smallest absolute Gasteiger partial charge is 0.159 e. The summed E-state index contributed by atoms with van der Waals surface area (Å²) in [6.07, 6.45) is 2.96. The number of benzene rings is 3. The van der Waals surface area contributed by atoms with Crippen molar-refractivity contribution in [3.05, 3.63) is 88.5 Å². The zero-order valence-corrected chi connectivity index (χ0v) is 20.8. The summed E-state index contributed by atoms with van der Waals surface area (Å²) in [7, 11) is 0. The monoisotopic (exact) mass is 518 g/mol. The Morgan fingerprint density at radius 2 is 1.13 bits per heavy atom. The van der Waals surface area contributed by atoms with Crippen molar-refractivity contribution in [2.24, 2.45) is 43.8 Å². The fourth-order valence-electron chi connectivity index (χ4n) is 3.51. The Morgan fingerprint density at radius 1 is 0.711 bits per heavy atom. The van der Waals surface area contributed by atoms with Gasteiger partial charge in [-0.1, -0.05) is 12.1 Å². The molecule has 13 heteroatoms. The molecule has 13 nitrogen and oxygen atoms in total. The Hall–Kier alpha value is -5.14. The number of aromatic hydroxyl groups is 3. The Morgan fingerprint density at radius 3 is 1.53 bits per heavy atom. The third-order valence-corrected chi connectivity index (χ3v) is 5.65. The van der Waals surface area contributed by atoms with E-state index in [9.17, 15) is 15.3 Å². The van der Waals surface area contributed by atoms with E-state index in [1.165, 1.54) is 36.7 Å². The predicted molar refractivity (Wildman–Crippen MR) is 147 cm³/mol. The van der Waals surface area contributed by atoms with E-state index in [4.69, 9.17) is 23.4 Å². The first-order chi connectivity index (χ1) is 18.1. The van der Waals surface area contributed by atoms with Crippen molar-refractivity contribution in [2.75, 3.05) is 0 Å². The molecular formula is C25H30N10O3. The number of phenols is 3. The lowest BCUT2D eigenvalue weighted by molar-refractivity contribution is 0.458. The van der Waals surface area contributed by atoms with E-state index in [1.54, 1.807) is 50.2 Å². The van der Waals surface area contributed by atoms with E-state index in [0.717, 1.165) is 10.2 Å². The largest absolute Gasteiger partial charge is 0.508 e. The van der Waals surface area contributed by atoms with Crippen LogP contribution in [-0.2, 0) is 0 Å². The van der Waals surface area contributed by atoms with Crippen LogP contribution in [0.1, 0.15) is 47.6 Å². The van der Waals surface area contributed by atoms with Crippen molar-refractivity contribution in [3.63, 3.8) is 0 Å². The average molecular weight is 519 g/mol. The second-order valence-corrected chi connectivity index (χ2v) is 8.19. The molecule has 3 aromatic rings. The Kier molecular flexibility index (Phi) is 8.82. The molecule has 0 saturated carbocycles. The van der Waals surface area contributed by atoms with Gasteiger partial charge < -0.3 is 27.0 Å². The minimum atomic E-state index is -0.653. The molecule has 38 heavy (non-hydrogen) atoms. The first-order valence-corrected chi connectivity index (χ1v) is 11.3. The third-order valence-electron chi connectivity index (χ3n) is 5.65. The molecule has 198 valence electrons. The second kappa shape index (κ2) is 12.2. The number of hydrogen-bond acceptors (Lipinski definition) is 11. The lowest BCUT2D eigenvalue weighted by Gasteiger charge is -2.22. The predicted octanol–water partition coefficient (Wildman–Crippen LogP) is 1.59. The molecule has 0 aliphatic rings. The molecule has 0 aromatic heterocycles. The number of hydrazone groups is 4. The topological polar surface area (TPSA) is 221 Å². The van der Waals surface area contributed by atoms with E-state index < -0.39 is 5.92 Å². The summed E-state index contributed by atoms with van der Waals surface area (Å²) in [6, 6.07) is 16.2. The molecule has 0 atom stereocenters. The van der Waals surface area contributed by atoms with Gasteiger partial charge in [0.05, 0.1) is 12.4 Å². The van der Waals surface area contributed by atoms with E-state index in [2.05, 4.69) is 20.4 Å². The zero-order valence-electron chi connectivity index (χ0n) is 20.8. The van der Waals surface area contributed by atoms with E-state index in [-0.39, 0.29) is 28.9 Å². The van der Waals surface area contributed by atoms with Gasteiger partial charge in [-0.15, -0.1) is 0 Å². The Balaban J connectivity index is 2.14. The summed E-state index contributed by atoms with van der Waals surface area (Å²) in [5.41, 5.74) is 2.82. The molecule has 0 saturated heterocycles. The van der Waals surface area contributed by atoms with Crippen molar-refractivity contribution in [1.29, 1.82) is 0 Å². The molecule has 0 bridgehead atoms. The van der Waals surface area contributed by atoms with Crippen molar-refractivity contribution in [1.82, 2.24) is 10.2 Å². The molecule has 3 rings (SSSR count). The maximum absolute atomic E-state index is 10.9. The van der Waals surface area contributed by atoms with E-state index >= 15 is 0 Å². The van der Waals surface area contributed by atoms with Gasteiger partial charge in [0.15, 0.2) is 11.7 Å². The lowest BCUT2D eigenvalue weighted by Crippen LogP contribution is -2.31. The van der Waals surface area contributed by atoms with Crippen molar-refractivity contribution < 1.29 is 15.3 Å². The van der Waals surface area contributed by atoms with Crippen LogP contribution in [0, 0.1) is 0 Å². The number of hydrazine groups is 2. The summed E-state index contributed by atoms with van der Waals surface area (Å²) in [6.45, 7) is 3.18. The average Bonchev–Trinajstić information content (AvgIpc) is 2.93. The number of amidine groups is 2. The standard InChI is InChI=1S/C25H30N10O3/c1-15(32-26)34(28)30-13-17-3-9-23(37)21(11-17)25(19-5-7-20(36)8-6-19)22-12-18(4-10-24(22)38)14-31-35(29)16(2)33-27/h3-14,25,36-38H,26-29H2,1-2H3/b30-13+,31-14+,32-15-,33-16-. The van der Waals surface area contributed by atoms with E-state index in [0.29, 0.717) is 27.8 Å². The molecule has 0 fully saturated rings. The van der Waals surface area contributed by atoms with Gasteiger partial charge in [-0.3, -0.25) is 0 Å². The van der Waals surface area contributed by atoms with Gasteiger partial charge in [0.2, 0.25) is 0 Å². The molecule has 3 aromatic carbocycles. The number of hydrogen-bond donors (Lipinski definition) is 7. The first kappa shape index (κ1) is 27.4. The van der Waals surface area contributed by atoms with Crippen LogP contribution < -0.4 is 23.4 Å². The molecular weight excluding hydrogens is 488 g/mol. The highest BCUT2D eigenvalue weighted by Gasteiger charge is 2.24. The number of nitrogens with two attached hydrogens (primary N) is 4. The van der Waals surface area contributed by atoms with Crippen LogP contribution >= 0.6 is 0 Å². The highest BCUT2D eigenvalue weighted by molar-refractivity contribution is 5.85. The molecule has 0 aliphatic carbocycles. The molecule has 11 N–H and O–H groups in total. The molecule has 0 aliphatic heterocycles. The third kappa shape index (κ3) is 6.54. The first-order valence-electron chi connectivity index (χ1n) is 11.3. The second-order valence-electron chi connectivity index (χ2n) is 8.19. The molecule has 0 unspecified atom stereocenters. The fraction of sp³-hybridized carbons (Fsp3) is 0.120. The summed E-state index contributed by atoms with van der Waals surface area (Å²) in [5.74, 6) is 22.0. The molecule has 0 heterocycles. The minimum Gasteiger partial charge on any atom is -0.508 e. The summed E-state index contributed by atoms with van der Waals surface area (Å²) >= 11 is 0. The SMILES string of the molecule is C/C(=N/N)N(N)/N=C/c1ccc(O)c(C(c2ccc(O)cc2)c2cc(/C=N/N(N)/C(C)=N\N)ccc2O)c1. The fourth-order valence-corrected chi connectivity index (χ4v) is 3.51. The highest BCUT2D eigenvalue weighted by atomic mass is 16.3. The van der Waals surface area contributed by atoms with Gasteiger partial charge >= 0.3 is 0 Å². The van der Waals surface area contributed by atoms with Crippen LogP contribution in [0.25, 0.3) is 0 Å². The lowest BCUT2D eigenvalue weighted by atomic mass is 9.83. The van der Waals surface area contributed by atoms with Gasteiger partial charge in [0.1, 0.15) is 17.2 Å². The Labute approximate surface area is 219 Å². The zero-order chi connectivity index (χ0) is 27.8. The van der Waals surface area contributed by atoms with Crippen LogP contribution in [0.2, 0.25) is 0 Å². The summed E-state index contributed by atoms with van der Waals surface area (Å²) in [5, 5.41) is 48.8. The number of nitrogens with zero attached hydrogens (tertiary/aromatic N) is 6. The molecule has 0 radical (unpaired) electrons. The van der Waals surface area contributed by atoms with Crippen molar-refractivity contribution >= 4 is 24.1 Å². The summed E-state index contributed by atoms with van der Waals surface area (Å²) < 4.78 is 0. The highest BCUT2D eigenvalue weighted by Crippen LogP contribution is 2.41. The molecule has 0 spiro atoms. The van der Waals surface area contributed by atoms with Crippen molar-refractivity contribution in [2.45, 2.75) is 19.8 Å². The molecule has 0 amide bonds. The normalized spacial score (nSPS) is 13.3.